The highest BCUT2D eigenvalue weighted by atomic mass is 127. The van der Waals surface area contributed by atoms with Crippen molar-refractivity contribution in [3.63, 3.8) is 0 Å². The summed E-state index contributed by atoms with van der Waals surface area (Å²) in [5.41, 5.74) is 7.01. The number of hydrazone groups is 1. The van der Waals surface area contributed by atoms with Crippen molar-refractivity contribution in [2.24, 2.45) is 5.10 Å². The third-order valence-electron chi connectivity index (χ3n) is 4.20. The minimum Gasteiger partial charge on any atom is -0.449 e. The highest BCUT2D eigenvalue weighted by molar-refractivity contribution is 14.1. The van der Waals surface area contributed by atoms with Gasteiger partial charge in [-0.2, -0.15) is 5.10 Å². The van der Waals surface area contributed by atoms with E-state index >= 15 is 0 Å². The molecule has 2 heterocycles. The van der Waals surface area contributed by atoms with Crippen molar-refractivity contribution in [3.8, 4) is 11.3 Å². The average molecular weight is 528 g/mol. The molecular weight excluding hydrogens is 511 g/mol. The Balaban J connectivity index is 1.38. The fraction of sp³-hybridized carbons (Fsp3) is 0.0455. The first kappa shape index (κ1) is 20.3. The van der Waals surface area contributed by atoms with Gasteiger partial charge in [0.15, 0.2) is 8.90 Å². The summed E-state index contributed by atoms with van der Waals surface area (Å²) < 4.78 is 6.11. The SMILES string of the molecule is Cc1ccc(Nc2nc(-c3ccc(C(=O)N/N=C\c4ccc(I)o4)cc3)cs2)cc1. The highest BCUT2D eigenvalue weighted by Gasteiger charge is 2.08. The molecule has 0 aliphatic rings. The Hall–Kier alpha value is -2.98. The number of halogens is 1. The van der Waals surface area contributed by atoms with Crippen molar-refractivity contribution in [2.45, 2.75) is 6.92 Å². The fourth-order valence-electron chi connectivity index (χ4n) is 2.63. The Labute approximate surface area is 191 Å². The van der Waals surface area contributed by atoms with Gasteiger partial charge in [-0.25, -0.2) is 10.4 Å². The molecule has 6 nitrogen and oxygen atoms in total. The Morgan fingerprint density at radius 1 is 1.10 bits per heavy atom. The van der Waals surface area contributed by atoms with Crippen LogP contribution in [0.1, 0.15) is 21.7 Å². The summed E-state index contributed by atoms with van der Waals surface area (Å²) in [7, 11) is 0. The molecule has 8 heteroatoms. The number of rotatable bonds is 6. The van der Waals surface area contributed by atoms with Crippen molar-refractivity contribution in [2.75, 3.05) is 5.32 Å². The number of nitrogens with zero attached hydrogens (tertiary/aromatic N) is 2. The molecule has 0 aliphatic heterocycles. The standard InChI is InChI=1S/C22H17IN4O2S/c1-14-2-8-17(9-3-14)25-22-26-19(13-30-22)15-4-6-16(7-5-15)21(28)27-24-12-18-10-11-20(23)29-18/h2-13H,1H3,(H,25,26)(H,27,28)/b24-12-. The highest BCUT2D eigenvalue weighted by Crippen LogP contribution is 2.27. The molecule has 0 fully saturated rings. The number of benzene rings is 2. The van der Waals surface area contributed by atoms with Crippen LogP contribution in [0.3, 0.4) is 0 Å². The summed E-state index contributed by atoms with van der Waals surface area (Å²) in [5, 5.41) is 10.0. The summed E-state index contributed by atoms with van der Waals surface area (Å²) in [6.45, 7) is 2.06. The summed E-state index contributed by atoms with van der Waals surface area (Å²) in [6, 6.07) is 19.0. The molecule has 30 heavy (non-hydrogen) atoms. The Morgan fingerprint density at radius 2 is 1.87 bits per heavy atom. The van der Waals surface area contributed by atoms with Gasteiger partial charge in [0, 0.05) is 22.2 Å². The number of nitrogens with one attached hydrogen (secondary N) is 2. The largest absolute Gasteiger partial charge is 0.449 e. The Bertz CT molecular complexity index is 1180. The lowest BCUT2D eigenvalue weighted by molar-refractivity contribution is 0.0955. The summed E-state index contributed by atoms with van der Waals surface area (Å²) in [4.78, 5) is 16.9. The molecule has 0 radical (unpaired) electrons. The number of hydrogen-bond donors (Lipinski definition) is 2. The van der Waals surface area contributed by atoms with Crippen LogP contribution in [0.15, 0.2) is 75.6 Å². The minimum atomic E-state index is -0.293. The summed E-state index contributed by atoms with van der Waals surface area (Å²) >= 11 is 3.60. The zero-order valence-corrected chi connectivity index (χ0v) is 18.9. The van der Waals surface area contributed by atoms with Gasteiger partial charge in [0.05, 0.1) is 11.9 Å². The van der Waals surface area contributed by atoms with Crippen molar-refractivity contribution < 1.29 is 9.21 Å². The van der Waals surface area contributed by atoms with Gasteiger partial charge in [0.1, 0.15) is 5.76 Å². The molecule has 2 N–H and O–H groups in total. The molecule has 0 aliphatic carbocycles. The smallest absolute Gasteiger partial charge is 0.271 e. The van der Waals surface area contributed by atoms with E-state index in [0.29, 0.717) is 11.3 Å². The van der Waals surface area contributed by atoms with Crippen molar-refractivity contribution in [1.29, 1.82) is 0 Å². The fourth-order valence-corrected chi connectivity index (χ4v) is 3.81. The van der Waals surface area contributed by atoms with Gasteiger partial charge in [-0.1, -0.05) is 29.8 Å². The number of amides is 1. The maximum absolute atomic E-state index is 12.2. The first-order chi connectivity index (χ1) is 14.6. The number of anilines is 2. The molecule has 4 aromatic rings. The lowest BCUT2D eigenvalue weighted by atomic mass is 10.1. The van der Waals surface area contributed by atoms with E-state index in [0.717, 1.165) is 25.8 Å². The van der Waals surface area contributed by atoms with Crippen LogP contribution in [-0.2, 0) is 0 Å². The first-order valence-electron chi connectivity index (χ1n) is 9.05. The number of aromatic nitrogens is 1. The molecule has 0 unspecified atom stereocenters. The number of hydrogen-bond acceptors (Lipinski definition) is 6. The number of carbonyl (C=O) groups excluding carboxylic acids is 1. The van der Waals surface area contributed by atoms with Gasteiger partial charge in [-0.05, 0) is 65.9 Å². The van der Waals surface area contributed by atoms with E-state index in [4.69, 9.17) is 4.42 Å². The number of thiazole rings is 1. The van der Waals surface area contributed by atoms with Crippen LogP contribution in [0, 0.1) is 10.7 Å². The van der Waals surface area contributed by atoms with Crippen LogP contribution >= 0.6 is 33.9 Å². The van der Waals surface area contributed by atoms with E-state index in [1.165, 1.54) is 23.1 Å². The van der Waals surface area contributed by atoms with Crippen molar-refractivity contribution in [3.05, 3.63) is 86.7 Å². The monoisotopic (exact) mass is 528 g/mol. The van der Waals surface area contributed by atoms with E-state index < -0.39 is 0 Å². The van der Waals surface area contributed by atoms with Gasteiger partial charge in [0.25, 0.3) is 5.91 Å². The molecule has 0 saturated carbocycles. The molecule has 0 bridgehead atoms. The molecule has 2 aromatic heterocycles. The van der Waals surface area contributed by atoms with Crippen LogP contribution in [0.5, 0.6) is 0 Å². The van der Waals surface area contributed by atoms with Crippen molar-refractivity contribution in [1.82, 2.24) is 10.4 Å². The second-order valence-electron chi connectivity index (χ2n) is 6.45. The summed E-state index contributed by atoms with van der Waals surface area (Å²) in [6.07, 6.45) is 1.46. The van der Waals surface area contributed by atoms with Gasteiger partial charge in [0.2, 0.25) is 0 Å². The molecule has 0 atom stereocenters. The maximum Gasteiger partial charge on any atom is 0.271 e. The van der Waals surface area contributed by atoms with Crippen LogP contribution in [0.4, 0.5) is 10.8 Å². The van der Waals surface area contributed by atoms with E-state index in [2.05, 4.69) is 62.5 Å². The van der Waals surface area contributed by atoms with E-state index in [1.807, 2.05) is 35.7 Å². The predicted octanol–water partition coefficient (Wildman–Crippen LogP) is 5.82. The van der Waals surface area contributed by atoms with Gasteiger partial charge in [-0.15, -0.1) is 11.3 Å². The average Bonchev–Trinajstić information content (AvgIpc) is 3.39. The van der Waals surface area contributed by atoms with Crippen LogP contribution in [0.2, 0.25) is 0 Å². The molecule has 150 valence electrons. The zero-order valence-electron chi connectivity index (χ0n) is 15.9. The molecule has 0 saturated heterocycles. The second-order valence-corrected chi connectivity index (χ2v) is 8.37. The number of aryl methyl sites for hydroxylation is 1. The molecule has 0 spiro atoms. The molecule has 2 aromatic carbocycles. The van der Waals surface area contributed by atoms with Gasteiger partial charge in [-0.3, -0.25) is 4.79 Å². The third-order valence-corrected chi connectivity index (χ3v) is 5.54. The second kappa shape index (κ2) is 9.23. The van der Waals surface area contributed by atoms with Gasteiger partial charge >= 0.3 is 0 Å². The van der Waals surface area contributed by atoms with Crippen molar-refractivity contribution >= 4 is 56.9 Å². The predicted molar refractivity (Wildman–Crippen MR) is 128 cm³/mol. The molecular formula is C22H17IN4O2S. The van der Waals surface area contributed by atoms with E-state index in [-0.39, 0.29) is 5.91 Å². The lowest BCUT2D eigenvalue weighted by Gasteiger charge is -2.03. The van der Waals surface area contributed by atoms with Crippen LogP contribution in [-0.4, -0.2) is 17.1 Å². The minimum absolute atomic E-state index is 0.293. The number of furan rings is 1. The normalized spacial score (nSPS) is 11.0. The molecule has 4 rings (SSSR count). The number of carbonyl (C=O) groups is 1. The van der Waals surface area contributed by atoms with Crippen LogP contribution < -0.4 is 10.7 Å². The third kappa shape index (κ3) is 5.14. The topological polar surface area (TPSA) is 79.5 Å². The van der Waals surface area contributed by atoms with E-state index in [1.54, 1.807) is 18.2 Å². The Morgan fingerprint density at radius 3 is 2.57 bits per heavy atom. The molecule has 1 amide bonds. The van der Waals surface area contributed by atoms with Gasteiger partial charge < -0.3 is 9.73 Å². The quantitative estimate of drug-likeness (QED) is 0.188. The van der Waals surface area contributed by atoms with E-state index in [9.17, 15) is 4.79 Å². The lowest BCUT2D eigenvalue weighted by Crippen LogP contribution is -2.17. The maximum atomic E-state index is 12.2. The van der Waals surface area contributed by atoms with Crippen LogP contribution in [0.25, 0.3) is 11.3 Å². The summed E-state index contributed by atoms with van der Waals surface area (Å²) in [5.74, 6) is 0.285. The first-order valence-corrected chi connectivity index (χ1v) is 11.0. The Kier molecular flexibility index (Phi) is 6.24. The zero-order chi connectivity index (χ0) is 20.9.